The molecule has 0 N–H and O–H groups in total. The van der Waals surface area contributed by atoms with E-state index in [1.165, 1.54) is 110 Å². The van der Waals surface area contributed by atoms with Gasteiger partial charge >= 0.3 is 6.85 Å². The number of aromatic nitrogens is 1. The Morgan fingerprint density at radius 1 is 0.477 bits per heavy atom. The normalized spacial score (nSPS) is 14.2. The van der Waals surface area contributed by atoms with Gasteiger partial charge in [-0.25, -0.2) is 0 Å². The summed E-state index contributed by atoms with van der Waals surface area (Å²) < 4.78 is 9.92. The minimum absolute atomic E-state index is 0.00547. The van der Waals surface area contributed by atoms with Crippen LogP contribution < -0.4 is 15.8 Å². The molecule has 0 spiro atoms. The smallest absolute Gasteiger partial charge is 0.333 e. The summed E-state index contributed by atoms with van der Waals surface area (Å²) in [6, 6.07) is 47.2. The van der Waals surface area contributed by atoms with Crippen molar-refractivity contribution in [3.63, 3.8) is 0 Å². The molecule has 65 heavy (non-hydrogen) atoms. The van der Waals surface area contributed by atoms with Gasteiger partial charge in [0, 0.05) is 60.8 Å². The van der Waals surface area contributed by atoms with E-state index in [2.05, 4.69) is 221 Å². The van der Waals surface area contributed by atoms with Crippen LogP contribution in [0.15, 0.2) is 126 Å². The summed E-state index contributed by atoms with van der Waals surface area (Å²) >= 11 is 0. The molecule has 0 saturated carbocycles. The summed E-state index contributed by atoms with van der Waals surface area (Å²) in [7, 11) is 0. The molecule has 4 heteroatoms. The molecule has 0 aliphatic carbocycles. The van der Waals surface area contributed by atoms with Crippen LogP contribution in [0, 0.1) is 6.92 Å². The predicted molar refractivity (Wildman–Crippen MR) is 282 cm³/mol. The molecule has 0 unspecified atom stereocenters. The van der Waals surface area contributed by atoms with Crippen LogP contribution in [0.2, 0.25) is 0 Å². The summed E-state index contributed by atoms with van der Waals surface area (Å²) in [5, 5.41) is 10.1. The lowest BCUT2D eigenvalue weighted by molar-refractivity contribution is 0.569. The van der Waals surface area contributed by atoms with Gasteiger partial charge in [-0.2, -0.15) is 0 Å². The minimum Gasteiger partial charge on any atom is -0.455 e. The molecule has 0 radical (unpaired) electrons. The molecule has 10 aromatic rings. The number of nitrogens with zero attached hydrogens (tertiary/aromatic N) is 2. The zero-order valence-corrected chi connectivity index (χ0v) is 40.4. The van der Waals surface area contributed by atoms with E-state index in [-0.39, 0.29) is 28.5 Å². The number of hydrogen-bond acceptors (Lipinski definition) is 2. The molecule has 4 heterocycles. The maximum absolute atomic E-state index is 7.20. The second kappa shape index (κ2) is 13.0. The standard InChI is InChI=1S/C61H59BN2O/c1-34-42-19-15-14-18-35(42)24-36-25-51-49(32-44(34)36)62-55-52(63(51)41-27-38(59(5,6)7)26-39(28-41)60(8,9)10)33-47-43-20-16-17-21-53(43)65-57(47)54(55)48-31-40(61(11,12)13)30-46-45-29-37(58(2,3)4)22-23-50(45)64(62)56(46)48/h14-33H,1-13H3. The molecule has 8 aromatic carbocycles. The molecule has 322 valence electrons. The Balaban J connectivity index is 1.33. The van der Waals surface area contributed by atoms with Gasteiger partial charge in [-0.1, -0.05) is 144 Å². The fourth-order valence-electron chi connectivity index (χ4n) is 11.3. The number of aryl methyl sites for hydroxylation is 1. The van der Waals surface area contributed by atoms with Crippen molar-refractivity contribution in [3.8, 4) is 11.1 Å². The maximum Gasteiger partial charge on any atom is 0.333 e. The first-order chi connectivity index (χ1) is 30.7. The highest BCUT2D eigenvalue weighted by Gasteiger charge is 2.45. The van der Waals surface area contributed by atoms with E-state index in [1.54, 1.807) is 0 Å². The fourth-order valence-corrected chi connectivity index (χ4v) is 11.3. The summed E-state index contributed by atoms with van der Waals surface area (Å²) in [4.78, 5) is 2.64. The summed E-state index contributed by atoms with van der Waals surface area (Å²) in [6.45, 7) is 30.4. The Hall–Kier alpha value is -6.26. The van der Waals surface area contributed by atoms with Crippen LogP contribution in [-0.4, -0.2) is 11.3 Å². The zero-order chi connectivity index (χ0) is 45.4. The van der Waals surface area contributed by atoms with Crippen LogP contribution in [0.4, 0.5) is 17.1 Å². The largest absolute Gasteiger partial charge is 0.455 e. The van der Waals surface area contributed by atoms with E-state index in [4.69, 9.17) is 4.42 Å². The topological polar surface area (TPSA) is 21.3 Å². The molecular formula is C61H59BN2O. The molecular weight excluding hydrogens is 787 g/mol. The van der Waals surface area contributed by atoms with Crippen molar-refractivity contribution in [1.29, 1.82) is 0 Å². The molecule has 0 amide bonds. The quantitative estimate of drug-likeness (QED) is 0.121. The zero-order valence-electron chi connectivity index (χ0n) is 40.4. The number of furan rings is 1. The first-order valence-electron chi connectivity index (χ1n) is 23.7. The van der Waals surface area contributed by atoms with Crippen molar-refractivity contribution >= 4 is 100 Å². The highest BCUT2D eigenvalue weighted by Crippen LogP contribution is 2.52. The summed E-state index contributed by atoms with van der Waals surface area (Å²) in [6.07, 6.45) is 0. The lowest BCUT2D eigenvalue weighted by Crippen LogP contribution is -2.56. The summed E-state index contributed by atoms with van der Waals surface area (Å²) in [5.74, 6) is 0. The van der Waals surface area contributed by atoms with E-state index < -0.39 is 0 Å². The van der Waals surface area contributed by atoms with Crippen molar-refractivity contribution in [2.75, 3.05) is 4.90 Å². The van der Waals surface area contributed by atoms with Gasteiger partial charge < -0.3 is 13.8 Å². The maximum atomic E-state index is 7.20. The average molecular weight is 847 g/mol. The molecule has 12 rings (SSSR count). The third-order valence-electron chi connectivity index (χ3n) is 15.1. The minimum atomic E-state index is -0.125. The van der Waals surface area contributed by atoms with Gasteiger partial charge in [0.15, 0.2) is 0 Å². The van der Waals surface area contributed by atoms with Crippen LogP contribution in [0.3, 0.4) is 0 Å². The first kappa shape index (κ1) is 40.3. The molecule has 0 atom stereocenters. The number of fused-ring (bicyclic) bond motifs is 13. The fraction of sp³-hybridized carbons (Fsp3) is 0.279. The lowest BCUT2D eigenvalue weighted by atomic mass is 9.44. The van der Waals surface area contributed by atoms with Gasteiger partial charge in [-0.3, -0.25) is 0 Å². The van der Waals surface area contributed by atoms with Crippen LogP contribution in [-0.2, 0) is 21.7 Å². The third kappa shape index (κ3) is 5.74. The van der Waals surface area contributed by atoms with Crippen molar-refractivity contribution < 1.29 is 4.42 Å². The molecule has 0 fully saturated rings. The van der Waals surface area contributed by atoms with Crippen LogP contribution in [0.25, 0.3) is 76.4 Å². The van der Waals surface area contributed by atoms with Crippen molar-refractivity contribution in [2.24, 2.45) is 0 Å². The van der Waals surface area contributed by atoms with Crippen LogP contribution >= 0.6 is 0 Å². The molecule has 2 aliphatic rings. The average Bonchev–Trinajstić information content (AvgIpc) is 3.78. The van der Waals surface area contributed by atoms with Crippen molar-refractivity contribution in [3.05, 3.63) is 149 Å². The SMILES string of the molecule is Cc1c2ccccc2cc2cc3c(cc12)B1c2c(cc4c(oc5ccccc54)c2-c2cc(C(C)(C)C)cc4c5cc(C(C)(C)C)ccc5n1c24)N3c1cc(C(C)(C)C)cc(C(C)(C)C)c1. The van der Waals surface area contributed by atoms with Crippen molar-refractivity contribution in [1.82, 2.24) is 4.48 Å². The van der Waals surface area contributed by atoms with E-state index >= 15 is 0 Å². The molecule has 2 aromatic heterocycles. The number of anilines is 3. The second-order valence-electron chi connectivity index (χ2n) is 23.5. The Morgan fingerprint density at radius 3 is 1.80 bits per heavy atom. The molecule has 3 nitrogen and oxygen atoms in total. The van der Waals surface area contributed by atoms with E-state index in [0.29, 0.717) is 0 Å². The Bertz CT molecular complexity index is 3690. The number of rotatable bonds is 1. The Labute approximate surface area is 384 Å². The van der Waals surface area contributed by atoms with Crippen LogP contribution in [0.1, 0.15) is 111 Å². The monoisotopic (exact) mass is 846 g/mol. The van der Waals surface area contributed by atoms with E-state index in [9.17, 15) is 0 Å². The number of hydrogen-bond donors (Lipinski definition) is 0. The number of para-hydroxylation sites is 1. The molecule has 0 saturated heterocycles. The Morgan fingerprint density at radius 2 is 1.11 bits per heavy atom. The van der Waals surface area contributed by atoms with Gasteiger partial charge in [-0.05, 0) is 150 Å². The highest BCUT2D eigenvalue weighted by atomic mass is 16.3. The summed E-state index contributed by atoms with van der Waals surface area (Å²) in [5.41, 5.74) is 19.6. The van der Waals surface area contributed by atoms with Gasteiger partial charge in [0.2, 0.25) is 0 Å². The first-order valence-corrected chi connectivity index (χ1v) is 23.7. The van der Waals surface area contributed by atoms with Gasteiger partial charge in [0.1, 0.15) is 11.2 Å². The predicted octanol–water partition coefficient (Wildman–Crippen LogP) is 15.9. The van der Waals surface area contributed by atoms with E-state index in [1.807, 2.05) is 0 Å². The molecule has 2 aliphatic heterocycles. The third-order valence-corrected chi connectivity index (χ3v) is 15.1. The Kier molecular flexibility index (Phi) is 8.03. The highest BCUT2D eigenvalue weighted by molar-refractivity contribution is 6.90. The lowest BCUT2D eigenvalue weighted by Gasteiger charge is -2.41. The van der Waals surface area contributed by atoms with Gasteiger partial charge in [0.05, 0.1) is 0 Å². The van der Waals surface area contributed by atoms with E-state index in [0.717, 1.165) is 21.9 Å². The van der Waals surface area contributed by atoms with Crippen LogP contribution in [0.5, 0.6) is 0 Å². The second-order valence-corrected chi connectivity index (χ2v) is 23.5. The van der Waals surface area contributed by atoms with Gasteiger partial charge in [0.25, 0.3) is 0 Å². The van der Waals surface area contributed by atoms with Crippen molar-refractivity contribution in [2.45, 2.75) is 112 Å². The molecule has 0 bridgehead atoms. The van der Waals surface area contributed by atoms with Gasteiger partial charge in [-0.15, -0.1) is 0 Å². The number of benzene rings is 8.